The zero-order chi connectivity index (χ0) is 12.7. The summed E-state index contributed by atoms with van der Waals surface area (Å²) in [7, 11) is 4.23. The van der Waals surface area contributed by atoms with Gasteiger partial charge in [0.25, 0.3) is 0 Å². The monoisotopic (exact) mass is 242 g/mol. The second-order valence-corrected chi connectivity index (χ2v) is 4.97. The minimum Gasteiger partial charge on any atom is -0.355 e. The van der Waals surface area contributed by atoms with Crippen LogP contribution in [0.25, 0.3) is 0 Å². The fraction of sp³-hybridized carbons (Fsp3) is 0.917. The number of hydrogen-bond donors (Lipinski definition) is 1. The van der Waals surface area contributed by atoms with Gasteiger partial charge in [0.1, 0.15) is 0 Å². The van der Waals surface area contributed by atoms with Gasteiger partial charge in [-0.25, -0.2) is 0 Å². The molecular formula is C12H26N4O. The highest BCUT2D eigenvalue weighted by molar-refractivity contribution is 5.72. The van der Waals surface area contributed by atoms with Crippen LogP contribution in [0.5, 0.6) is 0 Å². The first-order chi connectivity index (χ1) is 8.08. The van der Waals surface area contributed by atoms with E-state index in [9.17, 15) is 4.79 Å². The van der Waals surface area contributed by atoms with Gasteiger partial charge in [-0.1, -0.05) is 0 Å². The third-order valence-electron chi connectivity index (χ3n) is 3.13. The molecular weight excluding hydrogens is 216 g/mol. The molecule has 0 radical (unpaired) electrons. The Balaban J connectivity index is 2.07. The highest BCUT2D eigenvalue weighted by atomic mass is 16.1. The van der Waals surface area contributed by atoms with E-state index >= 15 is 0 Å². The normalized spacial score (nSPS) is 18.6. The molecule has 0 spiro atoms. The van der Waals surface area contributed by atoms with Crippen LogP contribution in [-0.4, -0.2) is 87.1 Å². The lowest BCUT2D eigenvalue weighted by Gasteiger charge is -2.35. The van der Waals surface area contributed by atoms with Gasteiger partial charge in [-0.3, -0.25) is 14.6 Å². The predicted molar refractivity (Wildman–Crippen MR) is 70.1 cm³/mol. The van der Waals surface area contributed by atoms with Crippen molar-refractivity contribution in [3.8, 4) is 0 Å². The Morgan fingerprint density at radius 3 is 2.12 bits per heavy atom. The SMILES string of the molecule is CC(=O)NCCN1CCN(CCN(C)C)CC1. The molecule has 1 fully saturated rings. The first kappa shape index (κ1) is 14.4. The first-order valence-electron chi connectivity index (χ1n) is 6.42. The summed E-state index contributed by atoms with van der Waals surface area (Å²) in [5.41, 5.74) is 0. The van der Waals surface area contributed by atoms with Gasteiger partial charge in [-0.15, -0.1) is 0 Å². The number of nitrogens with one attached hydrogen (secondary N) is 1. The summed E-state index contributed by atoms with van der Waals surface area (Å²) in [5, 5.41) is 2.84. The minimum atomic E-state index is 0.0645. The molecule has 0 bridgehead atoms. The molecule has 0 aromatic heterocycles. The number of amides is 1. The van der Waals surface area contributed by atoms with E-state index in [0.29, 0.717) is 0 Å². The molecule has 5 heteroatoms. The molecule has 0 aromatic rings. The lowest BCUT2D eigenvalue weighted by molar-refractivity contribution is -0.119. The van der Waals surface area contributed by atoms with Crippen molar-refractivity contribution in [2.75, 3.05) is 66.5 Å². The van der Waals surface area contributed by atoms with Crippen LogP contribution in [0.3, 0.4) is 0 Å². The topological polar surface area (TPSA) is 38.8 Å². The fourth-order valence-electron chi connectivity index (χ4n) is 1.97. The molecule has 17 heavy (non-hydrogen) atoms. The van der Waals surface area contributed by atoms with Gasteiger partial charge in [-0.05, 0) is 14.1 Å². The summed E-state index contributed by atoms with van der Waals surface area (Å²) in [6.45, 7) is 10.1. The maximum absolute atomic E-state index is 10.7. The maximum Gasteiger partial charge on any atom is 0.216 e. The Morgan fingerprint density at radius 2 is 1.65 bits per heavy atom. The van der Waals surface area contributed by atoms with Gasteiger partial charge in [0.05, 0.1) is 0 Å². The van der Waals surface area contributed by atoms with E-state index in [1.807, 2.05) is 0 Å². The zero-order valence-electron chi connectivity index (χ0n) is 11.4. The molecule has 1 aliphatic rings. The second-order valence-electron chi connectivity index (χ2n) is 4.97. The number of rotatable bonds is 6. The molecule has 100 valence electrons. The van der Waals surface area contributed by atoms with Crippen LogP contribution in [0.4, 0.5) is 0 Å². The molecule has 1 aliphatic heterocycles. The van der Waals surface area contributed by atoms with E-state index in [-0.39, 0.29) is 5.91 Å². The number of likely N-dealkylation sites (N-methyl/N-ethyl adjacent to an activating group) is 1. The number of piperazine rings is 1. The van der Waals surface area contributed by atoms with Crippen LogP contribution < -0.4 is 5.32 Å². The van der Waals surface area contributed by atoms with Crippen molar-refractivity contribution in [1.82, 2.24) is 20.0 Å². The Labute approximate surface area is 105 Å². The van der Waals surface area contributed by atoms with Gasteiger partial charge in [-0.2, -0.15) is 0 Å². The maximum atomic E-state index is 10.7. The third-order valence-corrected chi connectivity index (χ3v) is 3.13. The van der Waals surface area contributed by atoms with Crippen molar-refractivity contribution in [3.63, 3.8) is 0 Å². The quantitative estimate of drug-likeness (QED) is 0.669. The van der Waals surface area contributed by atoms with Crippen molar-refractivity contribution in [1.29, 1.82) is 0 Å². The number of carbonyl (C=O) groups is 1. The smallest absolute Gasteiger partial charge is 0.216 e. The standard InChI is InChI=1S/C12H26N4O/c1-12(17)13-4-5-15-8-10-16(11-9-15)7-6-14(2)3/h4-11H2,1-3H3,(H,13,17). The highest BCUT2D eigenvalue weighted by Crippen LogP contribution is 2.00. The van der Waals surface area contributed by atoms with E-state index in [1.54, 1.807) is 6.92 Å². The fourth-order valence-corrected chi connectivity index (χ4v) is 1.97. The Morgan fingerprint density at radius 1 is 1.12 bits per heavy atom. The molecule has 1 saturated heterocycles. The average Bonchev–Trinajstić information content (AvgIpc) is 2.27. The number of carbonyl (C=O) groups excluding carboxylic acids is 1. The van der Waals surface area contributed by atoms with Crippen LogP contribution in [0.1, 0.15) is 6.92 Å². The second kappa shape index (κ2) is 7.63. The van der Waals surface area contributed by atoms with Crippen molar-refractivity contribution in [2.24, 2.45) is 0 Å². The molecule has 1 heterocycles. The van der Waals surface area contributed by atoms with Crippen molar-refractivity contribution in [2.45, 2.75) is 6.92 Å². The molecule has 0 atom stereocenters. The predicted octanol–water partition coefficient (Wildman–Crippen LogP) is -0.698. The van der Waals surface area contributed by atoms with Crippen LogP contribution in [0.2, 0.25) is 0 Å². The van der Waals surface area contributed by atoms with Gasteiger partial charge >= 0.3 is 0 Å². The summed E-state index contributed by atoms with van der Waals surface area (Å²) in [6, 6.07) is 0. The van der Waals surface area contributed by atoms with Crippen LogP contribution >= 0.6 is 0 Å². The number of nitrogens with zero attached hydrogens (tertiary/aromatic N) is 3. The van der Waals surface area contributed by atoms with E-state index in [0.717, 1.165) is 52.4 Å². The lowest BCUT2D eigenvalue weighted by atomic mass is 10.3. The molecule has 1 N–H and O–H groups in total. The van der Waals surface area contributed by atoms with E-state index in [1.165, 1.54) is 0 Å². The molecule has 0 unspecified atom stereocenters. The molecule has 0 aliphatic carbocycles. The van der Waals surface area contributed by atoms with Crippen LogP contribution in [-0.2, 0) is 4.79 Å². The highest BCUT2D eigenvalue weighted by Gasteiger charge is 2.15. The zero-order valence-corrected chi connectivity index (χ0v) is 11.4. The summed E-state index contributed by atoms with van der Waals surface area (Å²) in [4.78, 5) is 17.9. The van der Waals surface area contributed by atoms with Gasteiger partial charge in [0, 0.05) is 59.3 Å². The van der Waals surface area contributed by atoms with Crippen molar-refractivity contribution >= 4 is 5.91 Å². The molecule has 1 rings (SSSR count). The van der Waals surface area contributed by atoms with Crippen LogP contribution in [0.15, 0.2) is 0 Å². The van der Waals surface area contributed by atoms with E-state index < -0.39 is 0 Å². The third kappa shape index (κ3) is 6.61. The molecule has 1 amide bonds. The van der Waals surface area contributed by atoms with Gasteiger partial charge < -0.3 is 10.2 Å². The Kier molecular flexibility index (Phi) is 6.47. The van der Waals surface area contributed by atoms with Crippen molar-refractivity contribution in [3.05, 3.63) is 0 Å². The molecule has 0 aromatic carbocycles. The molecule has 0 saturated carbocycles. The summed E-state index contributed by atoms with van der Waals surface area (Å²) >= 11 is 0. The van der Waals surface area contributed by atoms with E-state index in [2.05, 4.69) is 34.1 Å². The lowest BCUT2D eigenvalue weighted by Crippen LogP contribution is -2.49. The Hall–Kier alpha value is -0.650. The largest absolute Gasteiger partial charge is 0.355 e. The summed E-state index contributed by atoms with van der Waals surface area (Å²) < 4.78 is 0. The van der Waals surface area contributed by atoms with Gasteiger partial charge in [0.15, 0.2) is 0 Å². The average molecular weight is 242 g/mol. The first-order valence-corrected chi connectivity index (χ1v) is 6.42. The van der Waals surface area contributed by atoms with E-state index in [4.69, 9.17) is 0 Å². The summed E-state index contributed by atoms with van der Waals surface area (Å²) in [5.74, 6) is 0.0645. The van der Waals surface area contributed by atoms with Gasteiger partial charge in [0.2, 0.25) is 5.91 Å². The Bertz CT molecular complexity index is 225. The van der Waals surface area contributed by atoms with Crippen molar-refractivity contribution < 1.29 is 4.79 Å². The van der Waals surface area contributed by atoms with Crippen LogP contribution in [0, 0.1) is 0 Å². The molecule has 5 nitrogen and oxygen atoms in total. The summed E-state index contributed by atoms with van der Waals surface area (Å²) in [6.07, 6.45) is 0. The minimum absolute atomic E-state index is 0.0645. The number of hydrogen-bond acceptors (Lipinski definition) is 4.